The van der Waals surface area contributed by atoms with Crippen LogP contribution in [-0.2, 0) is 5.75 Å². The average molecular weight is 183 g/mol. The lowest BCUT2D eigenvalue weighted by atomic mass is 10.2. The molecule has 0 heterocycles. The molecule has 0 spiro atoms. The van der Waals surface area contributed by atoms with Crippen molar-refractivity contribution in [3.63, 3.8) is 0 Å². The number of nitriles is 1. The number of aromatic hydroxyl groups is 1. The highest BCUT2D eigenvalue weighted by Crippen LogP contribution is 2.18. The predicted octanol–water partition coefficient (Wildman–Crippen LogP) is 2.25. The van der Waals surface area contributed by atoms with Gasteiger partial charge in [-0.25, -0.2) is 4.39 Å². The van der Waals surface area contributed by atoms with Crippen LogP contribution < -0.4 is 0 Å². The summed E-state index contributed by atoms with van der Waals surface area (Å²) in [5.41, 5.74) is 0.692. The molecular weight excluding hydrogens is 177 g/mol. The van der Waals surface area contributed by atoms with Crippen molar-refractivity contribution in [2.45, 2.75) is 5.75 Å². The molecule has 0 bridgehead atoms. The smallest absolute Gasteiger partial charge is 0.165 e. The molecule has 1 N–H and O–H groups in total. The summed E-state index contributed by atoms with van der Waals surface area (Å²) in [4.78, 5) is 0. The highest BCUT2D eigenvalue weighted by molar-refractivity contribution is 8.02. The minimum atomic E-state index is -0.647. The molecule has 4 heteroatoms. The van der Waals surface area contributed by atoms with Gasteiger partial charge in [-0.1, -0.05) is 6.07 Å². The number of thioether (sulfide) groups is 1. The van der Waals surface area contributed by atoms with E-state index < -0.39 is 5.82 Å². The molecule has 1 aromatic carbocycles. The molecule has 0 saturated carbocycles. The van der Waals surface area contributed by atoms with Gasteiger partial charge < -0.3 is 5.11 Å². The van der Waals surface area contributed by atoms with E-state index in [4.69, 9.17) is 10.4 Å². The monoisotopic (exact) mass is 183 g/mol. The predicted molar refractivity (Wildman–Crippen MR) is 45.0 cm³/mol. The van der Waals surface area contributed by atoms with E-state index in [0.717, 1.165) is 11.8 Å². The highest BCUT2D eigenvalue weighted by Gasteiger charge is 2.00. The molecule has 0 radical (unpaired) electrons. The van der Waals surface area contributed by atoms with E-state index in [-0.39, 0.29) is 5.75 Å². The molecule has 0 aliphatic rings. The van der Waals surface area contributed by atoms with Gasteiger partial charge in [0.05, 0.1) is 0 Å². The number of hydrogen-bond acceptors (Lipinski definition) is 3. The maximum atomic E-state index is 12.7. The Morgan fingerprint density at radius 1 is 1.58 bits per heavy atom. The molecule has 62 valence electrons. The second kappa shape index (κ2) is 3.98. The van der Waals surface area contributed by atoms with E-state index in [9.17, 15) is 4.39 Å². The highest BCUT2D eigenvalue weighted by atomic mass is 32.2. The van der Waals surface area contributed by atoms with Gasteiger partial charge in [-0.3, -0.25) is 0 Å². The molecule has 0 amide bonds. The van der Waals surface area contributed by atoms with Crippen molar-refractivity contribution in [2.75, 3.05) is 0 Å². The average Bonchev–Trinajstić information content (AvgIpc) is 2.07. The Morgan fingerprint density at radius 3 is 2.92 bits per heavy atom. The zero-order valence-corrected chi connectivity index (χ0v) is 6.94. The first kappa shape index (κ1) is 8.88. The van der Waals surface area contributed by atoms with Crippen molar-refractivity contribution in [3.05, 3.63) is 29.6 Å². The third-order valence-corrected chi connectivity index (χ3v) is 1.92. The zero-order valence-electron chi connectivity index (χ0n) is 6.12. The minimum Gasteiger partial charge on any atom is -0.505 e. The molecule has 2 nitrogen and oxygen atoms in total. The van der Waals surface area contributed by atoms with Crippen LogP contribution in [0.15, 0.2) is 18.2 Å². The summed E-state index contributed by atoms with van der Waals surface area (Å²) < 4.78 is 12.7. The van der Waals surface area contributed by atoms with Crippen molar-refractivity contribution in [1.82, 2.24) is 0 Å². The van der Waals surface area contributed by atoms with Gasteiger partial charge in [0.15, 0.2) is 11.6 Å². The molecule has 1 rings (SSSR count). The molecule has 12 heavy (non-hydrogen) atoms. The van der Waals surface area contributed by atoms with Gasteiger partial charge in [-0.05, 0) is 29.5 Å². The maximum absolute atomic E-state index is 12.7. The number of halogens is 1. The van der Waals surface area contributed by atoms with Crippen LogP contribution in [0, 0.1) is 16.5 Å². The standard InChI is InChI=1S/C8H6FNOS/c9-7-3-6(4-12-5-10)1-2-8(7)11/h1-3,11H,4H2. The summed E-state index contributed by atoms with van der Waals surface area (Å²) in [6, 6.07) is 4.09. The van der Waals surface area contributed by atoms with Crippen molar-refractivity contribution >= 4 is 11.8 Å². The first-order chi connectivity index (χ1) is 5.74. The lowest BCUT2D eigenvalue weighted by Crippen LogP contribution is -1.82. The van der Waals surface area contributed by atoms with Crippen LogP contribution in [0.25, 0.3) is 0 Å². The van der Waals surface area contributed by atoms with Gasteiger partial charge in [0.25, 0.3) is 0 Å². The van der Waals surface area contributed by atoms with Crippen LogP contribution >= 0.6 is 11.8 Å². The normalized spacial score (nSPS) is 9.33. The van der Waals surface area contributed by atoms with Crippen LogP contribution in [0.1, 0.15) is 5.56 Å². The Hall–Kier alpha value is -1.21. The van der Waals surface area contributed by atoms with E-state index in [1.165, 1.54) is 12.1 Å². The first-order valence-corrected chi connectivity index (χ1v) is 4.21. The minimum absolute atomic E-state index is 0.360. The molecule has 0 unspecified atom stereocenters. The Kier molecular flexibility index (Phi) is 2.94. The van der Waals surface area contributed by atoms with Crippen molar-refractivity contribution in [2.24, 2.45) is 0 Å². The number of phenolic OH excluding ortho intramolecular Hbond substituents is 1. The summed E-state index contributed by atoms with van der Waals surface area (Å²) in [6.45, 7) is 0. The largest absolute Gasteiger partial charge is 0.505 e. The van der Waals surface area contributed by atoms with Gasteiger partial charge >= 0.3 is 0 Å². The van der Waals surface area contributed by atoms with Crippen molar-refractivity contribution in [3.8, 4) is 11.2 Å². The SMILES string of the molecule is N#CSCc1ccc(O)c(F)c1. The van der Waals surface area contributed by atoms with E-state index in [1.54, 1.807) is 6.07 Å². The second-order valence-corrected chi connectivity index (χ2v) is 2.93. The van der Waals surface area contributed by atoms with Crippen molar-refractivity contribution < 1.29 is 9.50 Å². The fraction of sp³-hybridized carbons (Fsp3) is 0.125. The third kappa shape index (κ3) is 2.14. The number of rotatable bonds is 2. The molecular formula is C8H6FNOS. The summed E-state index contributed by atoms with van der Waals surface area (Å²) in [5.74, 6) is -0.569. The van der Waals surface area contributed by atoms with E-state index in [0.29, 0.717) is 11.3 Å². The zero-order chi connectivity index (χ0) is 8.97. The quantitative estimate of drug-likeness (QED) is 0.715. The van der Waals surface area contributed by atoms with Gasteiger partial charge in [0, 0.05) is 5.75 Å². The lowest BCUT2D eigenvalue weighted by Gasteiger charge is -1.98. The van der Waals surface area contributed by atoms with Crippen LogP contribution in [0.3, 0.4) is 0 Å². The molecule has 0 saturated heterocycles. The fourth-order valence-electron chi connectivity index (χ4n) is 0.756. The third-order valence-electron chi connectivity index (χ3n) is 1.32. The molecule has 1 aromatic rings. The van der Waals surface area contributed by atoms with Gasteiger partial charge in [0.1, 0.15) is 5.40 Å². The number of benzene rings is 1. The Morgan fingerprint density at radius 2 is 2.33 bits per heavy atom. The van der Waals surface area contributed by atoms with Crippen LogP contribution in [-0.4, -0.2) is 5.11 Å². The van der Waals surface area contributed by atoms with E-state index >= 15 is 0 Å². The topological polar surface area (TPSA) is 44.0 Å². The number of thiocyanates is 1. The molecule has 0 aliphatic heterocycles. The Bertz CT molecular complexity index is 321. The van der Waals surface area contributed by atoms with Gasteiger partial charge in [-0.2, -0.15) is 5.26 Å². The molecule has 0 aliphatic carbocycles. The fourth-order valence-corrected chi connectivity index (χ4v) is 1.17. The second-order valence-electron chi connectivity index (χ2n) is 2.17. The Labute approximate surface area is 73.6 Å². The van der Waals surface area contributed by atoms with Crippen LogP contribution in [0.2, 0.25) is 0 Å². The van der Waals surface area contributed by atoms with Gasteiger partial charge in [0.2, 0.25) is 0 Å². The summed E-state index contributed by atoms with van der Waals surface area (Å²) in [7, 11) is 0. The van der Waals surface area contributed by atoms with Crippen LogP contribution in [0.4, 0.5) is 4.39 Å². The van der Waals surface area contributed by atoms with Gasteiger partial charge in [-0.15, -0.1) is 0 Å². The summed E-state index contributed by atoms with van der Waals surface area (Å²) >= 11 is 1.03. The molecule has 0 atom stereocenters. The van der Waals surface area contributed by atoms with Crippen molar-refractivity contribution in [1.29, 1.82) is 5.26 Å². The summed E-state index contributed by atoms with van der Waals surface area (Å²) in [6.07, 6.45) is 0. The molecule has 0 aromatic heterocycles. The number of hydrogen-bond donors (Lipinski definition) is 1. The molecule has 0 fully saturated rings. The Balaban J connectivity index is 2.77. The number of nitrogens with zero attached hydrogens (tertiary/aromatic N) is 1. The summed E-state index contributed by atoms with van der Waals surface area (Å²) in [5, 5.41) is 18.9. The first-order valence-electron chi connectivity index (χ1n) is 3.22. The lowest BCUT2D eigenvalue weighted by molar-refractivity contribution is 0.432. The van der Waals surface area contributed by atoms with Crippen LogP contribution in [0.5, 0.6) is 5.75 Å². The van der Waals surface area contributed by atoms with E-state index in [2.05, 4.69) is 0 Å². The maximum Gasteiger partial charge on any atom is 0.165 e. The van der Waals surface area contributed by atoms with E-state index in [1.807, 2.05) is 5.40 Å². The number of phenols is 1.